The van der Waals surface area contributed by atoms with Gasteiger partial charge in [-0.1, -0.05) is 70.4 Å². The van der Waals surface area contributed by atoms with Gasteiger partial charge in [0.25, 0.3) is 0 Å². The molecule has 0 aromatic heterocycles. The Hall–Kier alpha value is -0.870. The van der Waals surface area contributed by atoms with Gasteiger partial charge in [0.2, 0.25) is 5.91 Å². The van der Waals surface area contributed by atoms with Gasteiger partial charge in [-0.25, -0.2) is 0 Å². The lowest BCUT2D eigenvalue weighted by Gasteiger charge is -2.14. The van der Waals surface area contributed by atoms with Gasteiger partial charge in [0.1, 0.15) is 0 Å². The lowest BCUT2D eigenvalue weighted by molar-refractivity contribution is -0.121. The van der Waals surface area contributed by atoms with Crippen LogP contribution in [0.5, 0.6) is 0 Å². The second-order valence-electron chi connectivity index (χ2n) is 8.06. The zero-order valence-electron chi connectivity index (χ0n) is 18.9. The van der Waals surface area contributed by atoms with Crippen LogP contribution in [0.4, 0.5) is 0 Å². The second kappa shape index (κ2) is 22.4. The number of carbonyl (C=O) groups excluding carboxylic acids is 1. The summed E-state index contributed by atoms with van der Waals surface area (Å²) in [4.78, 5) is 13.9. The minimum absolute atomic E-state index is 0.183. The van der Waals surface area contributed by atoms with Crippen LogP contribution in [0.2, 0.25) is 0 Å². The molecule has 166 valence electrons. The van der Waals surface area contributed by atoms with Crippen molar-refractivity contribution in [3.8, 4) is 0 Å². The summed E-state index contributed by atoms with van der Waals surface area (Å²) >= 11 is 0. The third-order valence-corrected chi connectivity index (χ3v) is 5.19. The molecule has 0 saturated carbocycles. The molecule has 0 aliphatic heterocycles. The minimum atomic E-state index is 0.183. The number of aliphatic hydroxyl groups is 1. The number of hydrogen-bond donors (Lipinski definition) is 2. The van der Waals surface area contributed by atoms with Crippen LogP contribution in [0.15, 0.2) is 12.2 Å². The third-order valence-electron chi connectivity index (χ3n) is 5.19. The maximum atomic E-state index is 11.8. The number of amides is 1. The van der Waals surface area contributed by atoms with Crippen LogP contribution in [0.1, 0.15) is 103 Å². The molecule has 2 N–H and O–H groups in total. The van der Waals surface area contributed by atoms with Crippen LogP contribution in [0, 0.1) is 0 Å². The first-order valence-corrected chi connectivity index (χ1v) is 11.9. The monoisotopic (exact) mass is 396 g/mol. The molecule has 0 aliphatic rings. The molecule has 0 spiro atoms. The molecular weight excluding hydrogens is 348 g/mol. The van der Waals surface area contributed by atoms with Gasteiger partial charge in [0.05, 0.1) is 6.61 Å². The van der Waals surface area contributed by atoms with Crippen molar-refractivity contribution in [3.63, 3.8) is 0 Å². The van der Waals surface area contributed by atoms with Crippen LogP contribution in [0.3, 0.4) is 0 Å². The maximum absolute atomic E-state index is 11.8. The van der Waals surface area contributed by atoms with E-state index in [1.165, 1.54) is 70.6 Å². The predicted octanol–water partition coefficient (Wildman–Crippen LogP) is 5.45. The van der Waals surface area contributed by atoms with Gasteiger partial charge >= 0.3 is 0 Å². The van der Waals surface area contributed by atoms with E-state index in [0.717, 1.165) is 32.4 Å². The highest BCUT2D eigenvalue weighted by molar-refractivity contribution is 5.75. The minimum Gasteiger partial charge on any atom is -0.395 e. The van der Waals surface area contributed by atoms with E-state index in [2.05, 4.69) is 29.3 Å². The van der Waals surface area contributed by atoms with Crippen molar-refractivity contribution in [2.24, 2.45) is 0 Å². The van der Waals surface area contributed by atoms with Crippen molar-refractivity contribution in [3.05, 3.63) is 12.2 Å². The van der Waals surface area contributed by atoms with E-state index < -0.39 is 0 Å². The summed E-state index contributed by atoms with van der Waals surface area (Å²) in [5.41, 5.74) is 0. The summed E-state index contributed by atoms with van der Waals surface area (Å²) < 4.78 is 0. The molecule has 0 rings (SSSR count). The molecule has 0 unspecified atom stereocenters. The first-order chi connectivity index (χ1) is 13.7. The summed E-state index contributed by atoms with van der Waals surface area (Å²) in [6.45, 7) is 4.80. The molecule has 0 saturated heterocycles. The van der Waals surface area contributed by atoms with Crippen LogP contribution in [-0.2, 0) is 4.79 Å². The first-order valence-electron chi connectivity index (χ1n) is 11.9. The number of nitrogens with zero attached hydrogens (tertiary/aromatic N) is 1. The Labute approximate surface area is 175 Å². The number of aliphatic hydroxyl groups excluding tert-OH is 1. The van der Waals surface area contributed by atoms with E-state index in [4.69, 9.17) is 5.11 Å². The predicted molar refractivity (Wildman–Crippen MR) is 122 cm³/mol. The van der Waals surface area contributed by atoms with Crippen LogP contribution in [0.25, 0.3) is 0 Å². The van der Waals surface area contributed by atoms with Crippen molar-refractivity contribution in [2.75, 3.05) is 33.3 Å². The Morgan fingerprint density at radius 3 is 2.00 bits per heavy atom. The number of allylic oxidation sites excluding steroid dienone is 2. The van der Waals surface area contributed by atoms with E-state index in [0.29, 0.717) is 13.0 Å². The second-order valence-corrected chi connectivity index (χ2v) is 8.06. The Kier molecular flexibility index (Phi) is 21.7. The standard InChI is InChI=1S/C24H48N2O2/c1-3-4-5-6-7-8-9-10-11-12-13-14-15-16-17-19-24(28)25-20-18-21-26(2)22-23-27/h10-11,27H,3-9,12-23H2,1-2H3,(H,25,28). The average Bonchev–Trinajstić information content (AvgIpc) is 2.68. The molecule has 0 aliphatic carbocycles. The lowest BCUT2D eigenvalue weighted by atomic mass is 10.1. The highest BCUT2D eigenvalue weighted by Gasteiger charge is 2.01. The van der Waals surface area contributed by atoms with Crippen LogP contribution < -0.4 is 5.32 Å². The zero-order chi connectivity index (χ0) is 20.7. The average molecular weight is 397 g/mol. The van der Waals surface area contributed by atoms with Crippen molar-refractivity contribution in [1.82, 2.24) is 10.2 Å². The quantitative estimate of drug-likeness (QED) is 0.200. The van der Waals surface area contributed by atoms with Gasteiger partial charge < -0.3 is 15.3 Å². The van der Waals surface area contributed by atoms with Gasteiger partial charge in [0, 0.05) is 19.5 Å². The number of unbranched alkanes of at least 4 members (excludes halogenated alkanes) is 11. The first kappa shape index (κ1) is 27.1. The molecule has 0 bridgehead atoms. The Bertz CT molecular complexity index is 359. The molecule has 0 aromatic carbocycles. The Balaban J connectivity index is 3.25. The largest absolute Gasteiger partial charge is 0.395 e. The molecule has 0 fully saturated rings. The van der Waals surface area contributed by atoms with E-state index in [1.807, 2.05) is 7.05 Å². The topological polar surface area (TPSA) is 52.6 Å². The highest BCUT2D eigenvalue weighted by Crippen LogP contribution is 2.09. The molecule has 0 aromatic rings. The summed E-state index contributed by atoms with van der Waals surface area (Å²) in [5.74, 6) is 0.183. The van der Waals surface area contributed by atoms with Gasteiger partial charge in [-0.2, -0.15) is 0 Å². The summed E-state index contributed by atoms with van der Waals surface area (Å²) in [6, 6.07) is 0. The molecule has 4 nitrogen and oxygen atoms in total. The number of nitrogens with one attached hydrogen (secondary N) is 1. The zero-order valence-corrected chi connectivity index (χ0v) is 18.9. The van der Waals surface area contributed by atoms with Crippen molar-refractivity contribution in [1.29, 1.82) is 0 Å². The number of carbonyl (C=O) groups is 1. The molecule has 28 heavy (non-hydrogen) atoms. The third kappa shape index (κ3) is 21.4. The molecular formula is C24H48N2O2. The fraction of sp³-hybridized carbons (Fsp3) is 0.875. The van der Waals surface area contributed by atoms with Gasteiger partial charge in [-0.05, 0) is 52.1 Å². The van der Waals surface area contributed by atoms with E-state index in [1.54, 1.807) is 0 Å². The fourth-order valence-electron chi connectivity index (χ4n) is 3.30. The highest BCUT2D eigenvalue weighted by atomic mass is 16.3. The van der Waals surface area contributed by atoms with Crippen molar-refractivity contribution in [2.45, 2.75) is 103 Å². The smallest absolute Gasteiger partial charge is 0.219 e. The van der Waals surface area contributed by atoms with Gasteiger partial charge in [0.15, 0.2) is 0 Å². The SMILES string of the molecule is CCCCCCCCC=CCCCCCCCC(=O)NCCCN(C)CCO. The fourth-order valence-corrected chi connectivity index (χ4v) is 3.30. The number of rotatable bonds is 21. The van der Waals surface area contributed by atoms with Crippen LogP contribution in [-0.4, -0.2) is 49.2 Å². The van der Waals surface area contributed by atoms with Gasteiger partial charge in [-0.15, -0.1) is 0 Å². The molecule has 1 amide bonds. The normalized spacial score (nSPS) is 11.6. The Morgan fingerprint density at radius 1 is 0.821 bits per heavy atom. The maximum Gasteiger partial charge on any atom is 0.219 e. The molecule has 0 radical (unpaired) electrons. The summed E-state index contributed by atoms with van der Waals surface area (Å²) in [7, 11) is 1.99. The number of hydrogen-bond acceptors (Lipinski definition) is 3. The molecule has 0 atom stereocenters. The van der Waals surface area contributed by atoms with E-state index >= 15 is 0 Å². The van der Waals surface area contributed by atoms with Gasteiger partial charge in [-0.3, -0.25) is 4.79 Å². The molecule has 4 heteroatoms. The summed E-state index contributed by atoms with van der Waals surface area (Å²) in [5, 5.41) is 11.8. The van der Waals surface area contributed by atoms with E-state index in [9.17, 15) is 4.79 Å². The van der Waals surface area contributed by atoms with Crippen molar-refractivity contribution >= 4 is 5.91 Å². The number of likely N-dealkylation sites (N-methyl/N-ethyl adjacent to an activating group) is 1. The lowest BCUT2D eigenvalue weighted by Crippen LogP contribution is -2.29. The van der Waals surface area contributed by atoms with Crippen molar-refractivity contribution < 1.29 is 9.90 Å². The van der Waals surface area contributed by atoms with E-state index in [-0.39, 0.29) is 12.5 Å². The molecule has 0 heterocycles. The Morgan fingerprint density at radius 2 is 1.39 bits per heavy atom. The van der Waals surface area contributed by atoms with Crippen LogP contribution >= 0.6 is 0 Å². The summed E-state index contributed by atoms with van der Waals surface area (Å²) in [6.07, 6.45) is 23.0.